The molecule has 0 saturated heterocycles. The lowest BCUT2D eigenvalue weighted by Crippen LogP contribution is -2.53. The molecule has 0 aromatic heterocycles. The Kier molecular flexibility index (Phi) is 8.05. The van der Waals surface area contributed by atoms with Gasteiger partial charge in [0.1, 0.15) is 11.6 Å². The van der Waals surface area contributed by atoms with Gasteiger partial charge in [-0.15, -0.1) is 0 Å². The maximum atomic E-state index is 12.2. The van der Waals surface area contributed by atoms with E-state index in [9.17, 15) is 29.4 Å². The van der Waals surface area contributed by atoms with E-state index in [1.807, 2.05) is 0 Å². The van der Waals surface area contributed by atoms with Crippen LogP contribution in [0.15, 0.2) is 0 Å². The van der Waals surface area contributed by atoms with E-state index in [4.69, 9.17) is 9.47 Å². The number of carbonyl (C=O) groups is 4. The van der Waals surface area contributed by atoms with Gasteiger partial charge in [0.2, 0.25) is 0 Å². The first kappa shape index (κ1) is 21.2. The molecule has 0 aliphatic rings. The number of esters is 2. The number of hydrogen-bond acceptors (Lipinski definition) is 8. The van der Waals surface area contributed by atoms with E-state index in [2.05, 4.69) is 0 Å². The van der Waals surface area contributed by atoms with Crippen LogP contribution in [0.25, 0.3) is 0 Å². The highest BCUT2D eigenvalue weighted by Crippen LogP contribution is 2.38. The highest BCUT2D eigenvalue weighted by molar-refractivity contribution is 6.07. The maximum Gasteiger partial charge on any atom is 0.322 e. The molecule has 8 nitrogen and oxygen atoms in total. The number of Topliss-reactive ketones (excluding diaryl/α,β-unsaturated/α-hetero) is 2. The van der Waals surface area contributed by atoms with Crippen LogP contribution < -0.4 is 0 Å². The molecule has 0 aliphatic carbocycles. The van der Waals surface area contributed by atoms with E-state index in [0.717, 1.165) is 13.8 Å². The molecule has 0 spiro atoms. The van der Waals surface area contributed by atoms with Gasteiger partial charge in [0.05, 0.1) is 26.4 Å². The number of ether oxygens (including phenoxy) is 2. The van der Waals surface area contributed by atoms with Gasteiger partial charge in [-0.1, -0.05) is 0 Å². The first-order valence-electron chi connectivity index (χ1n) is 7.26. The lowest BCUT2D eigenvalue weighted by molar-refractivity contribution is -0.173. The second-order valence-electron chi connectivity index (χ2n) is 5.21. The van der Waals surface area contributed by atoms with E-state index in [-0.39, 0.29) is 13.2 Å². The summed E-state index contributed by atoms with van der Waals surface area (Å²) in [7, 11) is 0. The Morgan fingerprint density at radius 1 is 0.783 bits per heavy atom. The minimum atomic E-state index is -2.13. The van der Waals surface area contributed by atoms with E-state index >= 15 is 0 Å². The maximum absolute atomic E-state index is 12.2. The van der Waals surface area contributed by atoms with Crippen LogP contribution in [0.4, 0.5) is 0 Å². The molecule has 2 atom stereocenters. The number of rotatable bonds is 10. The Morgan fingerprint density at radius 3 is 1.26 bits per heavy atom. The lowest BCUT2D eigenvalue weighted by Gasteiger charge is -2.35. The van der Waals surface area contributed by atoms with Gasteiger partial charge in [-0.05, 0) is 34.1 Å². The molecule has 0 rings (SSSR count). The predicted octanol–water partition coefficient (Wildman–Crippen LogP) is -0.362. The largest absolute Gasteiger partial charge is 0.465 e. The third-order valence-electron chi connectivity index (χ3n) is 3.82. The van der Waals surface area contributed by atoms with Gasteiger partial charge in [-0.25, -0.2) is 0 Å². The molecule has 0 amide bonds. The average molecular weight is 332 g/mol. The summed E-state index contributed by atoms with van der Waals surface area (Å²) in [5.74, 6) is -3.67. The molecule has 132 valence electrons. The molecule has 23 heavy (non-hydrogen) atoms. The van der Waals surface area contributed by atoms with Gasteiger partial charge in [-0.3, -0.25) is 19.2 Å². The third-order valence-corrected chi connectivity index (χ3v) is 3.82. The fourth-order valence-electron chi connectivity index (χ4n) is 2.20. The highest BCUT2D eigenvalue weighted by atomic mass is 16.5. The van der Waals surface area contributed by atoms with Crippen LogP contribution in [0.3, 0.4) is 0 Å². The van der Waals surface area contributed by atoms with Crippen LogP contribution in [0, 0.1) is 10.8 Å². The zero-order valence-corrected chi connectivity index (χ0v) is 13.9. The molecule has 8 heteroatoms. The SMILES string of the molecule is CCOC(=O)[C@@](CO)(C[C@](CO)(C(C)=O)C(=O)OCC)C(C)=O. The molecule has 0 fully saturated rings. The Labute approximate surface area is 134 Å². The van der Waals surface area contributed by atoms with Crippen molar-refractivity contribution >= 4 is 23.5 Å². The Hall–Kier alpha value is -1.80. The molecule has 0 aromatic rings. The second kappa shape index (κ2) is 8.73. The molecule has 0 aliphatic heterocycles. The summed E-state index contributed by atoms with van der Waals surface area (Å²) in [5.41, 5.74) is -4.26. The van der Waals surface area contributed by atoms with Crippen molar-refractivity contribution in [3.05, 3.63) is 0 Å². The monoisotopic (exact) mass is 332 g/mol. The van der Waals surface area contributed by atoms with Crippen molar-refractivity contribution < 1.29 is 38.9 Å². The van der Waals surface area contributed by atoms with Gasteiger partial charge >= 0.3 is 11.9 Å². The Morgan fingerprint density at radius 2 is 1.09 bits per heavy atom. The van der Waals surface area contributed by atoms with Gasteiger partial charge in [-0.2, -0.15) is 0 Å². The van der Waals surface area contributed by atoms with E-state index in [0.29, 0.717) is 0 Å². The average Bonchev–Trinajstić information content (AvgIpc) is 2.48. The van der Waals surface area contributed by atoms with E-state index < -0.39 is 54.0 Å². The molecular weight excluding hydrogens is 308 g/mol. The van der Waals surface area contributed by atoms with Crippen molar-refractivity contribution in [1.82, 2.24) is 0 Å². The number of ketones is 2. The summed E-state index contributed by atoms with van der Waals surface area (Å²) in [6, 6.07) is 0. The van der Waals surface area contributed by atoms with Gasteiger partial charge in [0.15, 0.2) is 10.8 Å². The summed E-state index contributed by atoms with van der Waals surface area (Å²) in [6.45, 7) is 3.07. The van der Waals surface area contributed by atoms with Crippen molar-refractivity contribution in [3.63, 3.8) is 0 Å². The Balaban J connectivity index is 6.07. The smallest absolute Gasteiger partial charge is 0.322 e. The molecule has 0 saturated carbocycles. The predicted molar refractivity (Wildman–Crippen MR) is 78.3 cm³/mol. The van der Waals surface area contributed by atoms with Crippen molar-refractivity contribution in [2.24, 2.45) is 10.8 Å². The minimum Gasteiger partial charge on any atom is -0.465 e. The summed E-state index contributed by atoms with van der Waals surface area (Å²) in [6.07, 6.45) is -0.727. The Bertz CT molecular complexity index is 430. The number of carbonyl (C=O) groups excluding carboxylic acids is 4. The second-order valence-corrected chi connectivity index (χ2v) is 5.21. The van der Waals surface area contributed by atoms with Crippen LogP contribution in [-0.4, -0.2) is 60.1 Å². The molecule has 2 N–H and O–H groups in total. The number of aliphatic hydroxyl groups excluding tert-OH is 2. The lowest BCUT2D eigenvalue weighted by atomic mass is 9.67. The minimum absolute atomic E-state index is 0.0561. The van der Waals surface area contributed by atoms with Crippen molar-refractivity contribution in [2.45, 2.75) is 34.1 Å². The standard InChI is InChI=1S/C15H24O8/c1-5-22-12(20)14(8-16,10(3)18)7-15(9-17,11(4)19)13(21)23-6-2/h16-17H,5-9H2,1-4H3/t14-,15+. The normalized spacial score (nSPS) is 15.9. The first-order valence-corrected chi connectivity index (χ1v) is 7.26. The van der Waals surface area contributed by atoms with Gasteiger partial charge < -0.3 is 19.7 Å². The summed E-state index contributed by atoms with van der Waals surface area (Å²) < 4.78 is 9.61. The number of hydrogen-bond donors (Lipinski definition) is 2. The van der Waals surface area contributed by atoms with Crippen LogP contribution in [0.2, 0.25) is 0 Å². The third kappa shape index (κ3) is 4.14. The van der Waals surface area contributed by atoms with Crippen molar-refractivity contribution in [2.75, 3.05) is 26.4 Å². The van der Waals surface area contributed by atoms with Crippen LogP contribution in [0.1, 0.15) is 34.1 Å². The van der Waals surface area contributed by atoms with E-state index in [1.54, 1.807) is 0 Å². The van der Waals surface area contributed by atoms with Crippen molar-refractivity contribution in [1.29, 1.82) is 0 Å². The molecule has 0 bridgehead atoms. The fraction of sp³-hybridized carbons (Fsp3) is 0.733. The molecule has 0 aromatic carbocycles. The molecule has 0 radical (unpaired) electrons. The highest BCUT2D eigenvalue weighted by Gasteiger charge is 2.56. The van der Waals surface area contributed by atoms with E-state index in [1.165, 1.54) is 13.8 Å². The van der Waals surface area contributed by atoms with Crippen LogP contribution >= 0.6 is 0 Å². The van der Waals surface area contributed by atoms with Crippen molar-refractivity contribution in [3.8, 4) is 0 Å². The summed E-state index contributed by atoms with van der Waals surface area (Å²) >= 11 is 0. The van der Waals surface area contributed by atoms with Gasteiger partial charge in [0, 0.05) is 0 Å². The zero-order chi connectivity index (χ0) is 18.3. The quantitative estimate of drug-likeness (QED) is 0.410. The molecule has 0 heterocycles. The fourth-order valence-corrected chi connectivity index (χ4v) is 2.20. The topological polar surface area (TPSA) is 127 Å². The summed E-state index contributed by atoms with van der Waals surface area (Å²) in [5, 5.41) is 19.3. The van der Waals surface area contributed by atoms with Crippen LogP contribution in [-0.2, 0) is 28.7 Å². The number of aliphatic hydroxyl groups is 2. The molecular formula is C15H24O8. The zero-order valence-electron chi connectivity index (χ0n) is 13.9. The first-order chi connectivity index (χ1) is 10.7. The van der Waals surface area contributed by atoms with Gasteiger partial charge in [0.25, 0.3) is 0 Å². The van der Waals surface area contributed by atoms with Crippen LogP contribution in [0.5, 0.6) is 0 Å². The summed E-state index contributed by atoms with van der Waals surface area (Å²) in [4.78, 5) is 48.4. The molecule has 0 unspecified atom stereocenters.